The second-order valence-electron chi connectivity index (χ2n) is 8.67. The Morgan fingerprint density at radius 1 is 1.03 bits per heavy atom. The number of benzene rings is 2. The van der Waals surface area contributed by atoms with Crippen molar-refractivity contribution in [2.24, 2.45) is 0 Å². The smallest absolute Gasteiger partial charge is 0.412 e. The van der Waals surface area contributed by atoms with Crippen LogP contribution < -0.4 is 5.32 Å². The van der Waals surface area contributed by atoms with E-state index in [0.717, 1.165) is 5.56 Å². The van der Waals surface area contributed by atoms with Gasteiger partial charge in [-0.2, -0.15) is 9.97 Å². The van der Waals surface area contributed by atoms with Crippen molar-refractivity contribution in [3.05, 3.63) is 77.7 Å². The Balaban J connectivity index is 1.26. The molecule has 1 atom stereocenters. The zero-order valence-corrected chi connectivity index (χ0v) is 19.5. The zero-order valence-electron chi connectivity index (χ0n) is 19.5. The molecular weight excluding hydrogens is 478 g/mol. The topological polar surface area (TPSA) is 141 Å². The summed E-state index contributed by atoms with van der Waals surface area (Å²) in [5.74, 6) is 4.83. The molecule has 1 saturated carbocycles. The maximum atomic E-state index is 12.7. The number of rotatable bonds is 5. The van der Waals surface area contributed by atoms with Gasteiger partial charge in [0.05, 0.1) is 0 Å². The van der Waals surface area contributed by atoms with Gasteiger partial charge in [0.25, 0.3) is 5.89 Å². The number of carbonyl (C=O) groups excluding carboxylic acids is 1. The average molecular weight is 497 g/mol. The number of carboxylic acids is 1. The predicted octanol–water partition coefficient (Wildman–Crippen LogP) is 5.39. The van der Waals surface area contributed by atoms with Crippen LogP contribution in [-0.4, -0.2) is 27.1 Å². The van der Waals surface area contributed by atoms with Crippen LogP contribution in [0, 0.1) is 11.8 Å². The van der Waals surface area contributed by atoms with Crippen molar-refractivity contribution in [3.8, 4) is 11.8 Å². The molecule has 37 heavy (non-hydrogen) atoms. The minimum Gasteiger partial charge on any atom is -0.480 e. The number of ether oxygens (including phenoxy) is 1. The molecule has 1 amide bonds. The van der Waals surface area contributed by atoms with Gasteiger partial charge in [-0.25, -0.2) is 4.79 Å². The van der Waals surface area contributed by atoms with Crippen LogP contribution in [0.15, 0.2) is 67.8 Å². The third-order valence-electron chi connectivity index (χ3n) is 6.20. The standard InChI is InChI=1S/C27H19N3O7/c1-15(16-7-3-2-4-8-16)34-26(33)29-21-17-9-5-6-10-18(17)35-19(21)11-12-20-28-22-23(36-20)37-24(30-22)27(13-14-27)25(31)32/h2-10,15H,13-14H2,1H3,(H,29,33)(H,31,32). The summed E-state index contributed by atoms with van der Waals surface area (Å²) in [6.45, 7) is 1.78. The highest BCUT2D eigenvalue weighted by molar-refractivity contribution is 6.01. The predicted molar refractivity (Wildman–Crippen MR) is 130 cm³/mol. The van der Waals surface area contributed by atoms with E-state index >= 15 is 0 Å². The van der Waals surface area contributed by atoms with E-state index in [4.69, 9.17) is 18.0 Å². The number of hydrogen-bond donors (Lipinski definition) is 2. The summed E-state index contributed by atoms with van der Waals surface area (Å²) < 4.78 is 22.4. The van der Waals surface area contributed by atoms with Crippen molar-refractivity contribution >= 4 is 40.1 Å². The van der Waals surface area contributed by atoms with E-state index in [-0.39, 0.29) is 29.0 Å². The number of carboxylic acid groups (broad SMARTS) is 1. The molecule has 1 aliphatic rings. The largest absolute Gasteiger partial charge is 0.480 e. The minimum atomic E-state index is -1.10. The summed E-state index contributed by atoms with van der Waals surface area (Å²) in [6, 6.07) is 16.5. The van der Waals surface area contributed by atoms with Crippen LogP contribution >= 0.6 is 0 Å². The van der Waals surface area contributed by atoms with Crippen LogP contribution in [-0.2, 0) is 14.9 Å². The number of aromatic nitrogens is 2. The van der Waals surface area contributed by atoms with E-state index in [1.54, 1.807) is 25.1 Å². The van der Waals surface area contributed by atoms with E-state index in [1.807, 2.05) is 36.4 Å². The van der Waals surface area contributed by atoms with Crippen molar-refractivity contribution in [1.29, 1.82) is 0 Å². The number of carbonyl (C=O) groups is 2. The van der Waals surface area contributed by atoms with Crippen LogP contribution in [0.2, 0.25) is 0 Å². The fourth-order valence-electron chi connectivity index (χ4n) is 4.00. The number of furan rings is 1. The molecule has 0 spiro atoms. The van der Waals surface area contributed by atoms with Crippen molar-refractivity contribution < 1.29 is 32.7 Å². The molecule has 5 aromatic rings. The molecule has 2 N–H and O–H groups in total. The molecule has 184 valence electrons. The van der Waals surface area contributed by atoms with E-state index in [2.05, 4.69) is 27.1 Å². The number of oxazole rings is 2. The molecule has 6 rings (SSSR count). The maximum absolute atomic E-state index is 12.7. The lowest BCUT2D eigenvalue weighted by Crippen LogP contribution is -2.19. The number of fused-ring (bicyclic) bond motifs is 2. The quantitative estimate of drug-likeness (QED) is 0.306. The first-order chi connectivity index (χ1) is 17.9. The fraction of sp³-hybridized carbons (Fsp3) is 0.185. The summed E-state index contributed by atoms with van der Waals surface area (Å²) in [4.78, 5) is 32.5. The summed E-state index contributed by atoms with van der Waals surface area (Å²) in [7, 11) is 0. The van der Waals surface area contributed by atoms with Crippen LogP contribution in [0.4, 0.5) is 10.5 Å². The zero-order chi connectivity index (χ0) is 25.6. The van der Waals surface area contributed by atoms with Crippen LogP contribution in [0.1, 0.15) is 49.0 Å². The molecule has 10 nitrogen and oxygen atoms in total. The summed E-state index contributed by atoms with van der Waals surface area (Å²) in [5, 5.41) is 12.8. The lowest BCUT2D eigenvalue weighted by Gasteiger charge is -2.14. The van der Waals surface area contributed by atoms with Crippen molar-refractivity contribution in [3.63, 3.8) is 0 Å². The number of anilines is 1. The Morgan fingerprint density at radius 3 is 2.51 bits per heavy atom. The van der Waals surface area contributed by atoms with Crippen LogP contribution in [0.3, 0.4) is 0 Å². The Labute approximate surface area is 209 Å². The first kappa shape index (κ1) is 22.4. The van der Waals surface area contributed by atoms with Gasteiger partial charge in [-0.15, -0.1) is 0 Å². The van der Waals surface area contributed by atoms with Gasteiger partial charge < -0.3 is 23.1 Å². The Kier molecular flexibility index (Phi) is 5.19. The van der Waals surface area contributed by atoms with Gasteiger partial charge >= 0.3 is 17.8 Å². The van der Waals surface area contributed by atoms with Crippen LogP contribution in [0.5, 0.6) is 0 Å². The van der Waals surface area contributed by atoms with Gasteiger partial charge in [0, 0.05) is 11.3 Å². The van der Waals surface area contributed by atoms with Gasteiger partial charge in [-0.05, 0) is 43.4 Å². The Bertz CT molecular complexity index is 1680. The Morgan fingerprint density at radius 2 is 1.78 bits per heavy atom. The molecule has 3 heterocycles. The average Bonchev–Trinajstić information content (AvgIpc) is 3.33. The van der Waals surface area contributed by atoms with Gasteiger partial charge in [0.15, 0.2) is 0 Å². The van der Waals surface area contributed by atoms with Crippen molar-refractivity contribution in [2.45, 2.75) is 31.3 Å². The molecular formula is C27H19N3O7. The highest BCUT2D eigenvalue weighted by Gasteiger charge is 2.56. The number of nitrogens with one attached hydrogen (secondary N) is 1. The molecule has 1 aliphatic carbocycles. The van der Waals surface area contributed by atoms with Gasteiger partial charge in [0.2, 0.25) is 17.3 Å². The maximum Gasteiger partial charge on any atom is 0.412 e. The summed E-state index contributed by atoms with van der Waals surface area (Å²) in [6.07, 6.45) is -0.229. The molecule has 0 bridgehead atoms. The number of nitrogens with zero attached hydrogens (tertiary/aromatic N) is 2. The van der Waals surface area contributed by atoms with E-state index in [1.165, 1.54) is 0 Å². The number of aliphatic carboxylic acids is 1. The van der Waals surface area contributed by atoms with Gasteiger partial charge in [-0.1, -0.05) is 42.5 Å². The van der Waals surface area contributed by atoms with E-state index in [9.17, 15) is 14.7 Å². The first-order valence-electron chi connectivity index (χ1n) is 11.5. The Hall–Kier alpha value is -5.04. The molecule has 1 unspecified atom stereocenters. The minimum absolute atomic E-state index is 0.000320. The number of hydrogen-bond acceptors (Lipinski definition) is 8. The van der Waals surface area contributed by atoms with Crippen molar-refractivity contribution in [1.82, 2.24) is 9.97 Å². The van der Waals surface area contributed by atoms with E-state index < -0.39 is 23.6 Å². The monoisotopic (exact) mass is 497 g/mol. The molecule has 0 saturated heterocycles. The lowest BCUT2D eigenvalue weighted by molar-refractivity contribution is -0.140. The summed E-state index contributed by atoms with van der Waals surface area (Å²) in [5.41, 5.74) is 0.760. The molecule has 10 heteroatoms. The highest BCUT2D eigenvalue weighted by atomic mass is 16.6. The lowest BCUT2D eigenvalue weighted by atomic mass is 10.1. The molecule has 3 aromatic heterocycles. The fourth-order valence-corrected chi connectivity index (χ4v) is 4.00. The molecule has 1 fully saturated rings. The molecule has 0 radical (unpaired) electrons. The van der Waals surface area contributed by atoms with Gasteiger partial charge in [0.1, 0.15) is 22.8 Å². The third-order valence-corrected chi connectivity index (χ3v) is 6.20. The molecule has 0 aliphatic heterocycles. The second kappa shape index (κ2) is 8.57. The summed E-state index contributed by atoms with van der Waals surface area (Å²) >= 11 is 0. The van der Waals surface area contributed by atoms with Crippen LogP contribution in [0.25, 0.3) is 22.4 Å². The first-order valence-corrected chi connectivity index (χ1v) is 11.5. The normalized spacial score (nSPS) is 14.6. The third kappa shape index (κ3) is 4.06. The highest BCUT2D eigenvalue weighted by Crippen LogP contribution is 2.48. The second-order valence-corrected chi connectivity index (χ2v) is 8.67. The molecule has 2 aromatic carbocycles. The number of amides is 1. The van der Waals surface area contributed by atoms with E-state index in [0.29, 0.717) is 29.5 Å². The van der Waals surface area contributed by atoms with Gasteiger partial charge in [-0.3, -0.25) is 10.1 Å². The SMILES string of the molecule is CC(OC(=O)Nc1c(C#Cc2nc3nc(C4(C(=O)O)CC4)oc3o2)oc2ccccc12)c1ccccc1. The van der Waals surface area contributed by atoms with Crippen molar-refractivity contribution in [2.75, 3.05) is 5.32 Å². The number of para-hydroxylation sites is 1.